The SMILES string of the molecule is O[C@@H]1CC(c2ccccc2Br)Oc2ccccc21. The maximum absolute atomic E-state index is 10.2. The van der Waals surface area contributed by atoms with Crippen molar-refractivity contribution in [1.29, 1.82) is 0 Å². The molecule has 1 aliphatic rings. The molecule has 1 heterocycles. The normalized spacial score (nSPS) is 22.1. The van der Waals surface area contributed by atoms with Gasteiger partial charge in [-0.25, -0.2) is 0 Å². The molecule has 2 aromatic carbocycles. The molecule has 0 bridgehead atoms. The molecule has 0 spiro atoms. The van der Waals surface area contributed by atoms with Crippen molar-refractivity contribution in [1.82, 2.24) is 0 Å². The Kier molecular flexibility index (Phi) is 3.10. The van der Waals surface area contributed by atoms with E-state index in [2.05, 4.69) is 15.9 Å². The third kappa shape index (κ3) is 2.04. The third-order valence-corrected chi connectivity index (χ3v) is 3.96. The topological polar surface area (TPSA) is 29.5 Å². The Morgan fingerprint density at radius 2 is 1.67 bits per heavy atom. The Hall–Kier alpha value is -1.32. The zero-order valence-electron chi connectivity index (χ0n) is 9.71. The van der Waals surface area contributed by atoms with Crippen LogP contribution in [0.15, 0.2) is 53.0 Å². The lowest BCUT2D eigenvalue weighted by Crippen LogP contribution is -2.19. The highest BCUT2D eigenvalue weighted by molar-refractivity contribution is 9.10. The Morgan fingerprint density at radius 1 is 1.00 bits per heavy atom. The molecule has 0 aliphatic carbocycles. The van der Waals surface area contributed by atoms with Crippen molar-refractivity contribution >= 4 is 15.9 Å². The fourth-order valence-electron chi connectivity index (χ4n) is 2.32. The third-order valence-electron chi connectivity index (χ3n) is 3.24. The molecule has 0 fully saturated rings. The van der Waals surface area contributed by atoms with Crippen LogP contribution in [0.2, 0.25) is 0 Å². The monoisotopic (exact) mass is 304 g/mol. The average Bonchev–Trinajstić information content (AvgIpc) is 2.39. The van der Waals surface area contributed by atoms with Gasteiger partial charge in [0.15, 0.2) is 0 Å². The number of rotatable bonds is 1. The number of aliphatic hydroxyl groups excluding tert-OH is 1. The second kappa shape index (κ2) is 4.75. The molecule has 2 aromatic rings. The van der Waals surface area contributed by atoms with Crippen LogP contribution in [0.3, 0.4) is 0 Å². The Balaban J connectivity index is 1.97. The highest BCUT2D eigenvalue weighted by Gasteiger charge is 2.28. The number of halogens is 1. The lowest BCUT2D eigenvalue weighted by atomic mass is 9.95. The smallest absolute Gasteiger partial charge is 0.128 e. The molecular formula is C15H13BrO2. The van der Waals surface area contributed by atoms with Gasteiger partial charge in [-0.2, -0.15) is 0 Å². The minimum Gasteiger partial charge on any atom is -0.485 e. The summed E-state index contributed by atoms with van der Waals surface area (Å²) < 4.78 is 6.99. The molecule has 1 N–H and O–H groups in total. The average molecular weight is 305 g/mol. The first kappa shape index (κ1) is 11.8. The maximum atomic E-state index is 10.2. The zero-order chi connectivity index (χ0) is 12.5. The van der Waals surface area contributed by atoms with Crippen molar-refractivity contribution in [2.75, 3.05) is 0 Å². The van der Waals surface area contributed by atoms with Crippen LogP contribution in [-0.4, -0.2) is 5.11 Å². The van der Waals surface area contributed by atoms with Crippen molar-refractivity contribution < 1.29 is 9.84 Å². The molecule has 0 saturated heterocycles. The van der Waals surface area contributed by atoms with Gasteiger partial charge in [-0.3, -0.25) is 0 Å². The highest BCUT2D eigenvalue weighted by Crippen LogP contribution is 2.41. The first-order chi connectivity index (χ1) is 8.75. The van der Waals surface area contributed by atoms with E-state index in [0.29, 0.717) is 6.42 Å². The zero-order valence-corrected chi connectivity index (χ0v) is 11.3. The van der Waals surface area contributed by atoms with Crippen molar-refractivity contribution in [3.8, 4) is 5.75 Å². The molecule has 18 heavy (non-hydrogen) atoms. The fraction of sp³-hybridized carbons (Fsp3) is 0.200. The molecule has 0 radical (unpaired) electrons. The molecule has 0 saturated carbocycles. The van der Waals surface area contributed by atoms with Gasteiger partial charge in [-0.15, -0.1) is 0 Å². The van der Waals surface area contributed by atoms with E-state index >= 15 is 0 Å². The van der Waals surface area contributed by atoms with Gasteiger partial charge in [-0.1, -0.05) is 52.3 Å². The Bertz CT molecular complexity index is 568. The Morgan fingerprint density at radius 3 is 2.44 bits per heavy atom. The molecule has 0 aromatic heterocycles. The van der Waals surface area contributed by atoms with Crippen LogP contribution in [0.4, 0.5) is 0 Å². The van der Waals surface area contributed by atoms with Crippen LogP contribution >= 0.6 is 15.9 Å². The minimum atomic E-state index is -0.466. The fourth-order valence-corrected chi connectivity index (χ4v) is 2.86. The summed E-state index contributed by atoms with van der Waals surface area (Å²) in [5.41, 5.74) is 1.95. The highest BCUT2D eigenvalue weighted by atomic mass is 79.9. The van der Waals surface area contributed by atoms with Crippen LogP contribution in [0, 0.1) is 0 Å². The summed E-state index contributed by atoms with van der Waals surface area (Å²) in [5, 5.41) is 10.2. The minimum absolute atomic E-state index is 0.106. The number of fused-ring (bicyclic) bond motifs is 1. The van der Waals surface area contributed by atoms with Crippen LogP contribution in [0.1, 0.15) is 29.8 Å². The number of para-hydroxylation sites is 1. The van der Waals surface area contributed by atoms with E-state index in [-0.39, 0.29) is 6.10 Å². The number of hydrogen-bond acceptors (Lipinski definition) is 2. The van der Waals surface area contributed by atoms with E-state index < -0.39 is 6.10 Å². The van der Waals surface area contributed by atoms with Gasteiger partial charge in [0.05, 0.1) is 6.10 Å². The van der Waals surface area contributed by atoms with Gasteiger partial charge in [0.2, 0.25) is 0 Å². The summed E-state index contributed by atoms with van der Waals surface area (Å²) in [6.07, 6.45) is 0.0112. The van der Waals surface area contributed by atoms with E-state index in [1.807, 2.05) is 48.5 Å². The van der Waals surface area contributed by atoms with E-state index in [0.717, 1.165) is 21.3 Å². The molecule has 92 valence electrons. The second-order valence-corrected chi connectivity index (χ2v) is 5.27. The van der Waals surface area contributed by atoms with Gasteiger partial charge in [0.1, 0.15) is 11.9 Å². The van der Waals surface area contributed by atoms with Crippen molar-refractivity contribution in [2.24, 2.45) is 0 Å². The summed E-state index contributed by atoms with van der Waals surface area (Å²) in [5.74, 6) is 0.775. The van der Waals surface area contributed by atoms with Gasteiger partial charge in [0, 0.05) is 22.0 Å². The van der Waals surface area contributed by atoms with Crippen LogP contribution in [0.5, 0.6) is 5.75 Å². The quantitative estimate of drug-likeness (QED) is 0.862. The maximum Gasteiger partial charge on any atom is 0.128 e. The van der Waals surface area contributed by atoms with Crippen molar-refractivity contribution in [3.05, 3.63) is 64.1 Å². The van der Waals surface area contributed by atoms with Gasteiger partial charge < -0.3 is 9.84 Å². The summed E-state index contributed by atoms with van der Waals surface area (Å²) in [6.45, 7) is 0. The van der Waals surface area contributed by atoms with Gasteiger partial charge in [0.25, 0.3) is 0 Å². The molecule has 1 unspecified atom stereocenters. The molecule has 3 rings (SSSR count). The summed E-state index contributed by atoms with van der Waals surface area (Å²) in [6, 6.07) is 15.6. The molecular weight excluding hydrogens is 292 g/mol. The number of aliphatic hydroxyl groups is 1. The van der Waals surface area contributed by atoms with Crippen molar-refractivity contribution in [3.63, 3.8) is 0 Å². The summed E-state index contributed by atoms with van der Waals surface area (Å²) in [7, 11) is 0. The summed E-state index contributed by atoms with van der Waals surface area (Å²) in [4.78, 5) is 0. The molecule has 2 nitrogen and oxygen atoms in total. The van der Waals surface area contributed by atoms with E-state index in [4.69, 9.17) is 4.74 Å². The molecule has 1 aliphatic heterocycles. The first-order valence-electron chi connectivity index (χ1n) is 5.94. The molecule has 3 heteroatoms. The first-order valence-corrected chi connectivity index (χ1v) is 6.73. The van der Waals surface area contributed by atoms with Gasteiger partial charge >= 0.3 is 0 Å². The Labute approximate surface area is 114 Å². The summed E-state index contributed by atoms with van der Waals surface area (Å²) >= 11 is 3.53. The van der Waals surface area contributed by atoms with Crippen LogP contribution in [-0.2, 0) is 0 Å². The molecule has 0 amide bonds. The number of benzene rings is 2. The van der Waals surface area contributed by atoms with E-state index in [9.17, 15) is 5.11 Å². The predicted octanol–water partition coefficient (Wildman–Crippen LogP) is 4.01. The van der Waals surface area contributed by atoms with Crippen molar-refractivity contribution in [2.45, 2.75) is 18.6 Å². The van der Waals surface area contributed by atoms with E-state index in [1.165, 1.54) is 0 Å². The largest absolute Gasteiger partial charge is 0.485 e. The number of hydrogen-bond donors (Lipinski definition) is 1. The standard InChI is InChI=1S/C15H13BrO2/c16-12-7-3-1-5-10(12)15-9-13(17)11-6-2-4-8-14(11)18-15/h1-8,13,15,17H,9H2/t13-,15?/m1/s1. The molecule has 2 atom stereocenters. The number of ether oxygens (including phenoxy) is 1. The second-order valence-electron chi connectivity index (χ2n) is 4.42. The van der Waals surface area contributed by atoms with Crippen LogP contribution in [0.25, 0.3) is 0 Å². The lowest BCUT2D eigenvalue weighted by molar-refractivity contribution is 0.0654. The van der Waals surface area contributed by atoms with Crippen LogP contribution < -0.4 is 4.74 Å². The predicted molar refractivity (Wildman–Crippen MR) is 73.5 cm³/mol. The van der Waals surface area contributed by atoms with E-state index in [1.54, 1.807) is 0 Å². The van der Waals surface area contributed by atoms with Gasteiger partial charge in [-0.05, 0) is 12.1 Å². The lowest BCUT2D eigenvalue weighted by Gasteiger charge is -2.30.